The van der Waals surface area contributed by atoms with Crippen LogP contribution in [0.4, 0.5) is 0 Å². The molecule has 2 rings (SSSR count). The summed E-state index contributed by atoms with van der Waals surface area (Å²) in [6.07, 6.45) is 0.775. The van der Waals surface area contributed by atoms with Gasteiger partial charge in [-0.05, 0) is 25.1 Å². The zero-order valence-electron chi connectivity index (χ0n) is 9.32. The van der Waals surface area contributed by atoms with Gasteiger partial charge in [0.1, 0.15) is 4.90 Å². The van der Waals surface area contributed by atoms with Gasteiger partial charge in [0.2, 0.25) is 10.0 Å². The van der Waals surface area contributed by atoms with Gasteiger partial charge < -0.3 is 5.32 Å². The molecule has 8 heteroatoms. The highest BCUT2D eigenvalue weighted by Crippen LogP contribution is 2.28. The third-order valence-corrected chi connectivity index (χ3v) is 5.08. The summed E-state index contributed by atoms with van der Waals surface area (Å²) >= 11 is 11.7. The van der Waals surface area contributed by atoms with E-state index in [1.165, 1.54) is 6.07 Å². The molecule has 2 N–H and O–H groups in total. The van der Waals surface area contributed by atoms with Crippen molar-refractivity contribution >= 4 is 45.6 Å². The standard InChI is InChI=1S/C10H12Cl2N2O2S.ClH/c11-8-2-1-3-9(10(8)12)17(15,16)14-7-4-5-13-6-7;/h1-3,7,13-14H,4-6H2;1H. The summed E-state index contributed by atoms with van der Waals surface area (Å²) in [5, 5.41) is 3.38. The summed E-state index contributed by atoms with van der Waals surface area (Å²) < 4.78 is 26.8. The molecule has 1 aromatic carbocycles. The average Bonchev–Trinajstić information content (AvgIpc) is 2.73. The molecule has 102 valence electrons. The van der Waals surface area contributed by atoms with Crippen LogP contribution in [0.3, 0.4) is 0 Å². The Hall–Kier alpha value is -0.0400. The maximum absolute atomic E-state index is 12.1. The van der Waals surface area contributed by atoms with E-state index in [0.29, 0.717) is 6.54 Å². The molecule has 1 heterocycles. The predicted octanol–water partition coefficient (Wildman–Crippen LogP) is 2.06. The van der Waals surface area contributed by atoms with Crippen LogP contribution in [0.25, 0.3) is 0 Å². The summed E-state index contributed by atoms with van der Waals surface area (Å²) in [7, 11) is -3.60. The lowest BCUT2D eigenvalue weighted by Crippen LogP contribution is -2.36. The number of nitrogens with one attached hydrogen (secondary N) is 2. The number of sulfonamides is 1. The minimum absolute atomic E-state index is 0. The van der Waals surface area contributed by atoms with E-state index in [2.05, 4.69) is 10.0 Å². The molecular formula is C10H13Cl3N2O2S. The first kappa shape index (κ1) is 16.0. The number of halogens is 3. The average molecular weight is 332 g/mol. The van der Waals surface area contributed by atoms with Crippen molar-refractivity contribution in [3.8, 4) is 0 Å². The maximum Gasteiger partial charge on any atom is 0.242 e. The molecule has 0 radical (unpaired) electrons. The van der Waals surface area contributed by atoms with Crippen molar-refractivity contribution < 1.29 is 8.42 Å². The Balaban J connectivity index is 0.00000162. The van der Waals surface area contributed by atoms with E-state index in [0.717, 1.165) is 13.0 Å². The summed E-state index contributed by atoms with van der Waals surface area (Å²) in [6.45, 7) is 1.45. The molecule has 1 saturated heterocycles. The molecule has 1 aliphatic rings. The maximum atomic E-state index is 12.1. The minimum Gasteiger partial charge on any atom is -0.315 e. The van der Waals surface area contributed by atoms with E-state index < -0.39 is 10.0 Å². The van der Waals surface area contributed by atoms with Crippen LogP contribution in [-0.4, -0.2) is 27.5 Å². The van der Waals surface area contributed by atoms with Crippen molar-refractivity contribution in [2.75, 3.05) is 13.1 Å². The monoisotopic (exact) mass is 330 g/mol. The van der Waals surface area contributed by atoms with E-state index in [1.54, 1.807) is 12.1 Å². The summed E-state index contributed by atoms with van der Waals surface area (Å²) in [5.74, 6) is 0. The van der Waals surface area contributed by atoms with Crippen LogP contribution in [0.15, 0.2) is 23.1 Å². The molecule has 0 aromatic heterocycles. The molecule has 18 heavy (non-hydrogen) atoms. The number of benzene rings is 1. The van der Waals surface area contributed by atoms with Crippen LogP contribution in [0.1, 0.15) is 6.42 Å². The Kier molecular flexibility index (Phi) is 5.70. The number of rotatable bonds is 3. The summed E-state index contributed by atoms with van der Waals surface area (Å²) in [5.41, 5.74) is 0. The molecule has 4 nitrogen and oxygen atoms in total. The molecule has 1 aromatic rings. The molecule has 1 fully saturated rings. The Morgan fingerprint density at radius 2 is 2.06 bits per heavy atom. The SMILES string of the molecule is Cl.O=S(=O)(NC1CCNC1)c1cccc(Cl)c1Cl. The van der Waals surface area contributed by atoms with E-state index in [1.807, 2.05) is 0 Å². The van der Waals surface area contributed by atoms with Crippen LogP contribution in [0, 0.1) is 0 Å². The second kappa shape index (κ2) is 6.41. The number of hydrogen-bond donors (Lipinski definition) is 2. The lowest BCUT2D eigenvalue weighted by atomic mass is 10.3. The lowest BCUT2D eigenvalue weighted by molar-refractivity contribution is 0.560. The van der Waals surface area contributed by atoms with Gasteiger partial charge in [-0.1, -0.05) is 29.3 Å². The quantitative estimate of drug-likeness (QED) is 0.891. The van der Waals surface area contributed by atoms with E-state index in [9.17, 15) is 8.42 Å². The van der Waals surface area contributed by atoms with Crippen molar-refractivity contribution in [3.63, 3.8) is 0 Å². The lowest BCUT2D eigenvalue weighted by Gasteiger charge is -2.13. The van der Waals surface area contributed by atoms with E-state index in [-0.39, 0.29) is 33.4 Å². The van der Waals surface area contributed by atoms with Gasteiger partial charge in [0.05, 0.1) is 10.0 Å². The van der Waals surface area contributed by atoms with Crippen LogP contribution < -0.4 is 10.0 Å². The van der Waals surface area contributed by atoms with Crippen molar-refractivity contribution in [2.24, 2.45) is 0 Å². The van der Waals surface area contributed by atoms with E-state index >= 15 is 0 Å². The molecule has 1 atom stereocenters. The summed E-state index contributed by atoms with van der Waals surface area (Å²) in [4.78, 5) is 0.0265. The smallest absolute Gasteiger partial charge is 0.242 e. The Labute approximate surface area is 123 Å². The van der Waals surface area contributed by atoms with E-state index in [4.69, 9.17) is 23.2 Å². The van der Waals surface area contributed by atoms with Gasteiger partial charge in [-0.2, -0.15) is 0 Å². The Morgan fingerprint density at radius 3 is 2.67 bits per heavy atom. The highest BCUT2D eigenvalue weighted by Gasteiger charge is 2.25. The van der Waals surface area contributed by atoms with Crippen LogP contribution >= 0.6 is 35.6 Å². The van der Waals surface area contributed by atoms with Crippen molar-refractivity contribution in [1.82, 2.24) is 10.0 Å². The molecule has 1 unspecified atom stereocenters. The van der Waals surface area contributed by atoms with Gasteiger partial charge in [0.25, 0.3) is 0 Å². The normalized spacial score (nSPS) is 19.6. The summed E-state index contributed by atoms with van der Waals surface area (Å²) in [6, 6.07) is 4.48. The topological polar surface area (TPSA) is 58.2 Å². The Bertz CT molecular complexity index is 516. The zero-order valence-corrected chi connectivity index (χ0v) is 12.5. The first-order chi connectivity index (χ1) is 8.00. The van der Waals surface area contributed by atoms with Crippen molar-refractivity contribution in [1.29, 1.82) is 0 Å². The number of hydrogen-bond acceptors (Lipinski definition) is 3. The molecule has 0 amide bonds. The second-order valence-corrected chi connectivity index (χ2v) is 6.33. The van der Waals surface area contributed by atoms with Gasteiger partial charge in [-0.25, -0.2) is 13.1 Å². The molecule has 0 spiro atoms. The van der Waals surface area contributed by atoms with Gasteiger partial charge >= 0.3 is 0 Å². The van der Waals surface area contributed by atoms with Gasteiger partial charge in [0, 0.05) is 12.6 Å². The van der Waals surface area contributed by atoms with Crippen molar-refractivity contribution in [3.05, 3.63) is 28.2 Å². The highest BCUT2D eigenvalue weighted by atomic mass is 35.5. The zero-order chi connectivity index (χ0) is 12.5. The molecule has 0 bridgehead atoms. The highest BCUT2D eigenvalue weighted by molar-refractivity contribution is 7.89. The first-order valence-electron chi connectivity index (χ1n) is 5.18. The second-order valence-electron chi connectivity index (χ2n) is 3.86. The fourth-order valence-electron chi connectivity index (χ4n) is 1.73. The molecule has 0 saturated carbocycles. The largest absolute Gasteiger partial charge is 0.315 e. The third-order valence-electron chi connectivity index (χ3n) is 2.59. The predicted molar refractivity (Wildman–Crippen MR) is 75.3 cm³/mol. The third kappa shape index (κ3) is 3.50. The fourth-order valence-corrected chi connectivity index (χ4v) is 3.76. The van der Waals surface area contributed by atoms with Gasteiger partial charge in [-0.3, -0.25) is 0 Å². The van der Waals surface area contributed by atoms with Crippen LogP contribution in [0.5, 0.6) is 0 Å². The molecular weight excluding hydrogens is 319 g/mol. The van der Waals surface area contributed by atoms with Crippen molar-refractivity contribution in [2.45, 2.75) is 17.4 Å². The van der Waals surface area contributed by atoms with Crippen LogP contribution in [0.2, 0.25) is 10.0 Å². The van der Waals surface area contributed by atoms with Gasteiger partial charge in [0.15, 0.2) is 0 Å². The molecule has 1 aliphatic heterocycles. The molecule has 0 aliphatic carbocycles. The Morgan fingerprint density at radius 1 is 1.33 bits per heavy atom. The van der Waals surface area contributed by atoms with Gasteiger partial charge in [-0.15, -0.1) is 12.4 Å². The first-order valence-corrected chi connectivity index (χ1v) is 7.41. The fraction of sp³-hybridized carbons (Fsp3) is 0.400. The van der Waals surface area contributed by atoms with Crippen LogP contribution in [-0.2, 0) is 10.0 Å². The minimum atomic E-state index is -3.60.